The number of allylic oxidation sites excluding steroid dienone is 1. The van der Waals surface area contributed by atoms with Crippen LogP contribution in [0.1, 0.15) is 71.6 Å². The van der Waals surface area contributed by atoms with Gasteiger partial charge < -0.3 is 5.11 Å². The summed E-state index contributed by atoms with van der Waals surface area (Å²) in [5, 5.41) is 10.1. The Labute approximate surface area is 131 Å². The Hall–Kier alpha value is -0.670. The number of hydrogen-bond acceptors (Lipinski definition) is 2. The number of nitrogens with zero attached hydrogens (tertiary/aromatic N) is 2. The molecule has 1 N–H and O–H groups in total. The van der Waals surface area contributed by atoms with Crippen LogP contribution >= 0.6 is 0 Å². The molecule has 0 bridgehead atoms. The van der Waals surface area contributed by atoms with Gasteiger partial charge in [0.1, 0.15) is 6.54 Å². The fraction of sp³-hybridized carbons (Fsp3) is 0.833. The monoisotopic (exact) mass is 295 g/mol. The molecule has 0 spiro atoms. The van der Waals surface area contributed by atoms with Crippen LogP contribution in [0, 0.1) is 0 Å². The number of aliphatic hydroxyl groups excluding tert-OH is 1. The van der Waals surface area contributed by atoms with Gasteiger partial charge in [-0.05, 0) is 26.2 Å². The van der Waals surface area contributed by atoms with Crippen LogP contribution in [0.25, 0.3) is 0 Å². The van der Waals surface area contributed by atoms with E-state index in [1.807, 2.05) is 19.2 Å². The Morgan fingerprint density at radius 3 is 2.43 bits per heavy atom. The van der Waals surface area contributed by atoms with Crippen LogP contribution in [-0.4, -0.2) is 41.3 Å². The van der Waals surface area contributed by atoms with Crippen molar-refractivity contribution in [2.24, 2.45) is 4.99 Å². The first-order valence-electron chi connectivity index (χ1n) is 8.84. The Morgan fingerprint density at radius 2 is 1.86 bits per heavy atom. The van der Waals surface area contributed by atoms with Crippen LogP contribution < -0.4 is 0 Å². The van der Waals surface area contributed by atoms with Crippen LogP contribution in [0.15, 0.2) is 17.6 Å². The molecule has 0 aliphatic carbocycles. The minimum atomic E-state index is -0.313. The first-order chi connectivity index (χ1) is 10.2. The highest BCUT2D eigenvalue weighted by Crippen LogP contribution is 2.26. The molecule has 0 saturated carbocycles. The molecule has 1 heterocycles. The molecule has 1 aliphatic rings. The highest BCUT2D eigenvalue weighted by atomic mass is 16.3. The van der Waals surface area contributed by atoms with E-state index in [1.54, 1.807) is 0 Å². The van der Waals surface area contributed by atoms with Gasteiger partial charge in [-0.15, -0.1) is 6.58 Å². The Balaban J connectivity index is 2.12. The molecule has 0 radical (unpaired) electrons. The van der Waals surface area contributed by atoms with E-state index in [9.17, 15) is 5.11 Å². The smallest absolute Gasteiger partial charge is 0.189 e. The largest absolute Gasteiger partial charge is 0.345 e. The van der Waals surface area contributed by atoms with Gasteiger partial charge in [-0.25, -0.2) is 4.99 Å². The van der Waals surface area contributed by atoms with Crippen LogP contribution in [0.4, 0.5) is 0 Å². The minimum Gasteiger partial charge on any atom is -0.345 e. The van der Waals surface area contributed by atoms with Crippen molar-refractivity contribution in [3.8, 4) is 0 Å². The van der Waals surface area contributed by atoms with Crippen LogP contribution in [0.2, 0.25) is 0 Å². The number of aliphatic hydroxyl groups is 1. The van der Waals surface area contributed by atoms with Gasteiger partial charge in [-0.2, -0.15) is 0 Å². The first-order valence-corrected chi connectivity index (χ1v) is 8.84. The van der Waals surface area contributed by atoms with Gasteiger partial charge in [0.2, 0.25) is 0 Å². The van der Waals surface area contributed by atoms with Crippen LogP contribution in [0.5, 0.6) is 0 Å². The first kappa shape index (κ1) is 18.4. The Morgan fingerprint density at radius 1 is 1.24 bits per heavy atom. The van der Waals surface area contributed by atoms with Gasteiger partial charge in [0.15, 0.2) is 12.4 Å². The molecule has 3 heteroatoms. The van der Waals surface area contributed by atoms with Crippen molar-refractivity contribution in [2.45, 2.75) is 84.0 Å². The van der Waals surface area contributed by atoms with Crippen molar-refractivity contribution in [2.75, 3.05) is 13.1 Å². The van der Waals surface area contributed by atoms with E-state index < -0.39 is 0 Å². The van der Waals surface area contributed by atoms with E-state index in [0.29, 0.717) is 0 Å². The molecule has 0 fully saturated rings. The molecule has 3 unspecified atom stereocenters. The molecule has 0 aromatic carbocycles. The summed E-state index contributed by atoms with van der Waals surface area (Å²) >= 11 is 0. The standard InChI is InChI=1S/C18H35N2O/c1-4-6-7-8-9-10-11-12-13-14-18-19-15-16-20(18,5-2)17(3)21/h4,15,17-18,21H,1,5-14,16H2,2-3H3/q+1. The summed E-state index contributed by atoms with van der Waals surface area (Å²) in [6.45, 7) is 9.69. The van der Waals surface area contributed by atoms with E-state index in [4.69, 9.17) is 0 Å². The molecule has 1 rings (SSSR count). The summed E-state index contributed by atoms with van der Waals surface area (Å²) in [6, 6.07) is 0. The summed E-state index contributed by atoms with van der Waals surface area (Å²) < 4.78 is 0.738. The molecule has 0 aromatic heterocycles. The number of quaternary nitrogens is 1. The normalized spacial score (nSPS) is 26.1. The lowest BCUT2D eigenvalue weighted by atomic mass is 10.1. The zero-order valence-electron chi connectivity index (χ0n) is 14.1. The van der Waals surface area contributed by atoms with Crippen molar-refractivity contribution in [1.29, 1.82) is 0 Å². The topological polar surface area (TPSA) is 32.6 Å². The van der Waals surface area contributed by atoms with Crippen molar-refractivity contribution in [3.63, 3.8) is 0 Å². The summed E-state index contributed by atoms with van der Waals surface area (Å²) in [6.07, 6.45) is 15.5. The third kappa shape index (κ3) is 5.55. The molecule has 21 heavy (non-hydrogen) atoms. The molecule has 3 atom stereocenters. The zero-order valence-corrected chi connectivity index (χ0v) is 14.1. The molecular formula is C18H35N2O+. The van der Waals surface area contributed by atoms with E-state index in [0.717, 1.165) is 30.4 Å². The van der Waals surface area contributed by atoms with Gasteiger partial charge in [-0.3, -0.25) is 4.48 Å². The maximum Gasteiger partial charge on any atom is 0.189 e. The van der Waals surface area contributed by atoms with E-state index in [-0.39, 0.29) is 12.4 Å². The van der Waals surface area contributed by atoms with Gasteiger partial charge in [0.25, 0.3) is 0 Å². The molecule has 0 aromatic rings. The van der Waals surface area contributed by atoms with Crippen molar-refractivity contribution >= 4 is 6.21 Å². The lowest BCUT2D eigenvalue weighted by Crippen LogP contribution is -2.57. The average Bonchev–Trinajstić information content (AvgIpc) is 2.89. The predicted molar refractivity (Wildman–Crippen MR) is 91.4 cm³/mol. The van der Waals surface area contributed by atoms with Crippen LogP contribution in [0.3, 0.4) is 0 Å². The highest BCUT2D eigenvalue weighted by molar-refractivity contribution is 5.60. The lowest BCUT2D eigenvalue weighted by Gasteiger charge is -2.40. The maximum atomic E-state index is 10.1. The van der Waals surface area contributed by atoms with Crippen molar-refractivity contribution in [3.05, 3.63) is 12.7 Å². The quantitative estimate of drug-likeness (QED) is 0.325. The van der Waals surface area contributed by atoms with E-state index in [2.05, 4.69) is 18.5 Å². The second-order valence-corrected chi connectivity index (χ2v) is 6.39. The third-order valence-corrected chi connectivity index (χ3v) is 5.00. The minimum absolute atomic E-state index is 0.280. The molecule has 1 aliphatic heterocycles. The number of unbranched alkanes of at least 4 members (excludes halogenated alkanes) is 7. The van der Waals surface area contributed by atoms with Crippen LogP contribution in [-0.2, 0) is 0 Å². The highest BCUT2D eigenvalue weighted by Gasteiger charge is 2.41. The molecule has 3 nitrogen and oxygen atoms in total. The Bertz CT molecular complexity index is 314. The summed E-state index contributed by atoms with van der Waals surface area (Å²) in [5.41, 5.74) is 0. The number of hydrogen-bond donors (Lipinski definition) is 1. The number of aliphatic imine (C=N–C) groups is 1. The van der Waals surface area contributed by atoms with E-state index >= 15 is 0 Å². The van der Waals surface area contributed by atoms with Gasteiger partial charge in [0.05, 0.1) is 12.8 Å². The van der Waals surface area contributed by atoms with Crippen molar-refractivity contribution in [1.82, 2.24) is 0 Å². The van der Waals surface area contributed by atoms with E-state index in [1.165, 1.54) is 44.9 Å². The third-order valence-electron chi connectivity index (χ3n) is 5.00. The molecule has 122 valence electrons. The molecular weight excluding hydrogens is 260 g/mol. The molecule has 0 amide bonds. The maximum absolute atomic E-state index is 10.1. The zero-order chi connectivity index (χ0) is 15.6. The van der Waals surface area contributed by atoms with Crippen molar-refractivity contribution < 1.29 is 9.59 Å². The summed E-state index contributed by atoms with van der Waals surface area (Å²) in [7, 11) is 0. The molecule has 0 saturated heterocycles. The Kier molecular flexibility index (Phi) is 8.86. The second kappa shape index (κ2) is 10.1. The van der Waals surface area contributed by atoms with Gasteiger partial charge >= 0.3 is 0 Å². The fourth-order valence-corrected chi connectivity index (χ4v) is 3.41. The predicted octanol–water partition coefficient (Wildman–Crippen LogP) is 4.27. The van der Waals surface area contributed by atoms with Gasteiger partial charge in [-0.1, -0.05) is 38.2 Å². The second-order valence-electron chi connectivity index (χ2n) is 6.39. The average molecular weight is 295 g/mol. The lowest BCUT2D eigenvalue weighted by molar-refractivity contribution is -0.976. The summed E-state index contributed by atoms with van der Waals surface area (Å²) in [4.78, 5) is 4.63. The summed E-state index contributed by atoms with van der Waals surface area (Å²) in [5.74, 6) is 0. The fourth-order valence-electron chi connectivity index (χ4n) is 3.41. The van der Waals surface area contributed by atoms with Gasteiger partial charge in [0, 0.05) is 13.3 Å². The number of rotatable bonds is 12. The SMILES string of the molecule is C=CCCCCCCCCCC1N=CC[N+]1(CC)C(C)O.